The Bertz CT molecular complexity index is 835. The Labute approximate surface area is 156 Å². The fourth-order valence-corrected chi connectivity index (χ4v) is 4.91. The second kappa shape index (κ2) is 6.79. The summed E-state index contributed by atoms with van der Waals surface area (Å²) < 4.78 is 0. The van der Waals surface area contributed by atoms with Gasteiger partial charge in [0.1, 0.15) is 4.88 Å². The zero-order valence-electron chi connectivity index (χ0n) is 15.0. The van der Waals surface area contributed by atoms with Crippen LogP contribution in [0.1, 0.15) is 43.6 Å². The summed E-state index contributed by atoms with van der Waals surface area (Å²) in [6.07, 6.45) is 5.30. The van der Waals surface area contributed by atoms with Gasteiger partial charge < -0.3 is 9.80 Å². The molecule has 5 rings (SSSR count). The smallest absolute Gasteiger partial charge is 0.266 e. The Kier molecular flexibility index (Phi) is 4.48. The van der Waals surface area contributed by atoms with Crippen LogP contribution in [-0.2, 0) is 0 Å². The fraction of sp³-hybridized carbons (Fsp3) is 0.474. The minimum atomic E-state index is 0.0309. The van der Waals surface area contributed by atoms with E-state index < -0.39 is 0 Å². The van der Waals surface area contributed by atoms with Crippen molar-refractivity contribution in [2.24, 2.45) is 5.92 Å². The first-order valence-electron chi connectivity index (χ1n) is 8.97. The number of pyridine rings is 1. The van der Waals surface area contributed by atoms with E-state index in [0.29, 0.717) is 24.6 Å². The Morgan fingerprint density at radius 1 is 1.08 bits per heavy atom. The number of amides is 2. The first-order valence-corrected chi connectivity index (χ1v) is 9.79. The number of aryl methyl sites for hydroxylation is 2. The number of nitrogens with zero attached hydrogens (tertiary/aromatic N) is 4. The van der Waals surface area contributed by atoms with Crippen molar-refractivity contribution in [3.05, 3.63) is 45.7 Å². The molecule has 2 aromatic rings. The summed E-state index contributed by atoms with van der Waals surface area (Å²) in [6, 6.07) is 3.58. The van der Waals surface area contributed by atoms with Crippen molar-refractivity contribution in [3.63, 3.8) is 0 Å². The second-order valence-corrected chi connectivity index (χ2v) is 8.35. The number of aromatic nitrogens is 2. The SMILES string of the molecule is Cc1nc(C)c(C(=O)N2C[C@H]3CC[C@@H]2CN(C(=O)c2ccncc2)C3)s1. The van der Waals surface area contributed by atoms with Crippen molar-refractivity contribution in [2.75, 3.05) is 19.6 Å². The first kappa shape index (κ1) is 17.1. The quantitative estimate of drug-likeness (QED) is 0.815. The number of piperidine rings is 1. The van der Waals surface area contributed by atoms with Gasteiger partial charge in [-0.1, -0.05) is 0 Å². The molecule has 3 saturated heterocycles. The third kappa shape index (κ3) is 3.11. The predicted molar refractivity (Wildman–Crippen MR) is 99.3 cm³/mol. The van der Waals surface area contributed by atoms with E-state index in [0.717, 1.165) is 35.0 Å². The maximum Gasteiger partial charge on any atom is 0.266 e. The number of rotatable bonds is 2. The van der Waals surface area contributed by atoms with Crippen molar-refractivity contribution >= 4 is 23.2 Å². The molecule has 26 heavy (non-hydrogen) atoms. The van der Waals surface area contributed by atoms with Gasteiger partial charge in [0.15, 0.2) is 0 Å². The summed E-state index contributed by atoms with van der Waals surface area (Å²) in [4.78, 5) is 39.0. The van der Waals surface area contributed by atoms with Crippen molar-refractivity contribution in [3.8, 4) is 0 Å². The van der Waals surface area contributed by atoms with Gasteiger partial charge in [-0.3, -0.25) is 14.6 Å². The summed E-state index contributed by atoms with van der Waals surface area (Å²) >= 11 is 1.46. The maximum atomic E-state index is 13.1. The van der Waals surface area contributed by atoms with Crippen LogP contribution in [0, 0.1) is 19.8 Å². The summed E-state index contributed by atoms with van der Waals surface area (Å²) in [6.45, 7) is 5.85. The van der Waals surface area contributed by atoms with Crippen LogP contribution in [0.5, 0.6) is 0 Å². The molecule has 3 aliphatic rings. The minimum Gasteiger partial charge on any atom is -0.336 e. The average Bonchev–Trinajstić information content (AvgIpc) is 2.82. The molecule has 6 nitrogen and oxygen atoms in total. The lowest BCUT2D eigenvalue weighted by Crippen LogP contribution is -2.47. The van der Waals surface area contributed by atoms with Gasteiger partial charge in [0, 0.05) is 43.6 Å². The van der Waals surface area contributed by atoms with E-state index in [9.17, 15) is 9.59 Å². The molecule has 3 aliphatic heterocycles. The topological polar surface area (TPSA) is 66.4 Å². The van der Waals surface area contributed by atoms with Gasteiger partial charge in [0.05, 0.1) is 10.7 Å². The molecule has 3 fully saturated rings. The normalized spacial score (nSPS) is 22.4. The molecule has 5 heterocycles. The van der Waals surface area contributed by atoms with Gasteiger partial charge in [-0.15, -0.1) is 11.3 Å². The largest absolute Gasteiger partial charge is 0.336 e. The molecule has 136 valence electrons. The van der Waals surface area contributed by atoms with Crippen molar-refractivity contribution < 1.29 is 9.59 Å². The van der Waals surface area contributed by atoms with E-state index in [1.165, 1.54) is 11.3 Å². The van der Waals surface area contributed by atoms with Crippen LogP contribution < -0.4 is 0 Å². The Morgan fingerprint density at radius 3 is 2.54 bits per heavy atom. The molecule has 0 radical (unpaired) electrons. The zero-order chi connectivity index (χ0) is 18.3. The molecule has 2 amide bonds. The molecule has 0 aromatic carbocycles. The maximum absolute atomic E-state index is 13.1. The van der Waals surface area contributed by atoms with Crippen molar-refractivity contribution in [2.45, 2.75) is 32.7 Å². The molecule has 7 heteroatoms. The standard InChI is InChI=1S/C19H22N4O2S/c1-12-17(26-13(2)21-12)19(25)23-10-14-3-4-16(23)11-22(9-14)18(24)15-5-7-20-8-6-15/h5-8,14,16H,3-4,9-11H2,1-2H3/t14-,16+/m0/s1. The number of fused-ring (bicyclic) bond motifs is 4. The number of carbonyl (C=O) groups is 2. The Balaban J connectivity index is 1.56. The van der Waals surface area contributed by atoms with Crippen LogP contribution in [0.3, 0.4) is 0 Å². The van der Waals surface area contributed by atoms with Gasteiger partial charge in [0.2, 0.25) is 0 Å². The molecule has 2 aromatic heterocycles. The summed E-state index contributed by atoms with van der Waals surface area (Å²) in [5.74, 6) is 0.433. The van der Waals surface area contributed by atoms with Crippen molar-refractivity contribution in [1.82, 2.24) is 19.8 Å². The second-order valence-electron chi connectivity index (χ2n) is 7.15. The average molecular weight is 370 g/mol. The van der Waals surface area contributed by atoms with Crippen molar-refractivity contribution in [1.29, 1.82) is 0 Å². The fourth-order valence-electron chi connectivity index (χ4n) is 4.03. The van der Waals surface area contributed by atoms with Crippen LogP contribution in [0.2, 0.25) is 0 Å². The third-order valence-electron chi connectivity index (χ3n) is 5.29. The number of hydrogen-bond acceptors (Lipinski definition) is 5. The van der Waals surface area contributed by atoms with Gasteiger partial charge in [-0.25, -0.2) is 4.98 Å². The highest BCUT2D eigenvalue weighted by Gasteiger charge is 2.39. The Hall–Kier alpha value is -2.28. The highest BCUT2D eigenvalue weighted by molar-refractivity contribution is 7.13. The Morgan fingerprint density at radius 2 is 1.85 bits per heavy atom. The van der Waals surface area contributed by atoms with E-state index >= 15 is 0 Å². The number of hydrogen-bond donors (Lipinski definition) is 0. The first-order chi connectivity index (χ1) is 12.5. The molecular weight excluding hydrogens is 348 g/mol. The predicted octanol–water partition coefficient (Wildman–Crippen LogP) is 2.53. The molecule has 2 atom stereocenters. The summed E-state index contributed by atoms with van der Waals surface area (Å²) in [5, 5.41) is 0.917. The van der Waals surface area contributed by atoms with Gasteiger partial charge in [0.25, 0.3) is 11.8 Å². The lowest BCUT2D eigenvalue weighted by molar-refractivity contribution is 0.0578. The van der Waals surface area contributed by atoms with E-state index in [-0.39, 0.29) is 17.9 Å². The molecule has 0 unspecified atom stereocenters. The van der Waals surface area contributed by atoms with Gasteiger partial charge >= 0.3 is 0 Å². The molecule has 2 bridgehead atoms. The molecule has 0 N–H and O–H groups in total. The van der Waals surface area contributed by atoms with Crippen LogP contribution in [0.25, 0.3) is 0 Å². The number of thiazole rings is 1. The monoisotopic (exact) mass is 370 g/mol. The van der Waals surface area contributed by atoms with Crippen LogP contribution in [0.15, 0.2) is 24.5 Å². The lowest BCUT2D eigenvalue weighted by atomic mass is 9.95. The molecule has 0 aliphatic carbocycles. The summed E-state index contributed by atoms with van der Waals surface area (Å²) in [7, 11) is 0. The minimum absolute atomic E-state index is 0.0309. The lowest BCUT2D eigenvalue weighted by Gasteiger charge is -2.35. The van der Waals surface area contributed by atoms with Crippen LogP contribution in [0.4, 0.5) is 0 Å². The number of carbonyl (C=O) groups excluding carboxylic acids is 2. The van der Waals surface area contributed by atoms with Crippen LogP contribution >= 0.6 is 11.3 Å². The summed E-state index contributed by atoms with van der Waals surface area (Å²) in [5.41, 5.74) is 1.47. The van der Waals surface area contributed by atoms with Gasteiger partial charge in [-0.05, 0) is 44.7 Å². The third-order valence-corrected chi connectivity index (χ3v) is 6.35. The molecule has 0 spiro atoms. The van der Waals surface area contributed by atoms with E-state index in [2.05, 4.69) is 9.97 Å². The highest BCUT2D eigenvalue weighted by atomic mass is 32.1. The van der Waals surface area contributed by atoms with Gasteiger partial charge in [-0.2, -0.15) is 0 Å². The van der Waals surface area contributed by atoms with E-state index in [1.54, 1.807) is 24.5 Å². The highest BCUT2D eigenvalue weighted by Crippen LogP contribution is 2.31. The van der Waals surface area contributed by atoms with E-state index in [1.807, 2.05) is 23.6 Å². The van der Waals surface area contributed by atoms with Crippen LogP contribution in [-0.4, -0.2) is 57.3 Å². The zero-order valence-corrected chi connectivity index (χ0v) is 15.8. The molecule has 0 saturated carbocycles. The van der Waals surface area contributed by atoms with E-state index in [4.69, 9.17) is 0 Å². The molecular formula is C19H22N4O2S.